The molecule has 0 spiro atoms. The molecule has 0 saturated heterocycles. The van der Waals surface area contributed by atoms with Crippen molar-refractivity contribution in [3.63, 3.8) is 0 Å². The van der Waals surface area contributed by atoms with Crippen molar-refractivity contribution >= 4 is 16.9 Å². The van der Waals surface area contributed by atoms with Gasteiger partial charge in [-0.05, 0) is 29.3 Å². The Morgan fingerprint density at radius 3 is 2.73 bits per heavy atom. The van der Waals surface area contributed by atoms with Gasteiger partial charge in [0, 0.05) is 5.56 Å². The molecular formula is C19H15NO2. The Labute approximate surface area is 128 Å². The van der Waals surface area contributed by atoms with Crippen molar-refractivity contribution in [2.24, 2.45) is 0 Å². The molecule has 3 aromatic carbocycles. The summed E-state index contributed by atoms with van der Waals surface area (Å²) < 4.78 is 5.37. The van der Waals surface area contributed by atoms with E-state index in [4.69, 9.17) is 4.74 Å². The van der Waals surface area contributed by atoms with Crippen molar-refractivity contribution in [1.82, 2.24) is 5.32 Å². The van der Waals surface area contributed by atoms with Gasteiger partial charge in [0.2, 0.25) is 0 Å². The zero-order valence-electron chi connectivity index (χ0n) is 12.2. The van der Waals surface area contributed by atoms with Crippen molar-refractivity contribution in [3.8, 4) is 5.75 Å². The summed E-state index contributed by atoms with van der Waals surface area (Å²) in [4.78, 5) is 11.9. The number of carbonyl (C=O) groups is 1. The van der Waals surface area contributed by atoms with Gasteiger partial charge in [-0.15, -0.1) is 0 Å². The highest BCUT2D eigenvalue weighted by Gasteiger charge is 2.29. The van der Waals surface area contributed by atoms with Crippen molar-refractivity contribution in [2.75, 3.05) is 0 Å². The van der Waals surface area contributed by atoms with Crippen LogP contribution < -0.4 is 10.1 Å². The fourth-order valence-corrected chi connectivity index (χ4v) is 3.08. The lowest BCUT2D eigenvalue weighted by Crippen LogP contribution is -2.36. The molecule has 0 radical (unpaired) electrons. The Balaban J connectivity index is 1.99. The molecule has 0 aliphatic carbocycles. The van der Waals surface area contributed by atoms with Crippen LogP contribution in [0, 0.1) is 6.92 Å². The van der Waals surface area contributed by atoms with Crippen molar-refractivity contribution in [2.45, 2.75) is 13.0 Å². The van der Waals surface area contributed by atoms with E-state index in [0.717, 1.165) is 21.9 Å². The lowest BCUT2D eigenvalue weighted by Gasteiger charge is -2.28. The zero-order chi connectivity index (χ0) is 15.1. The van der Waals surface area contributed by atoms with Crippen LogP contribution in [-0.4, -0.2) is 6.09 Å². The minimum Gasteiger partial charge on any atom is -0.410 e. The van der Waals surface area contributed by atoms with Gasteiger partial charge in [0.15, 0.2) is 0 Å². The first-order chi connectivity index (χ1) is 10.7. The summed E-state index contributed by atoms with van der Waals surface area (Å²) in [5, 5.41) is 5.19. The number of rotatable bonds is 1. The van der Waals surface area contributed by atoms with Gasteiger partial charge < -0.3 is 10.1 Å². The highest BCUT2D eigenvalue weighted by Crippen LogP contribution is 2.38. The highest BCUT2D eigenvalue weighted by atomic mass is 16.6. The zero-order valence-corrected chi connectivity index (χ0v) is 12.2. The summed E-state index contributed by atoms with van der Waals surface area (Å²) in [5.74, 6) is 0.633. The molecule has 1 aliphatic heterocycles. The first kappa shape index (κ1) is 12.9. The van der Waals surface area contributed by atoms with Crippen LogP contribution in [0.25, 0.3) is 10.8 Å². The maximum absolute atomic E-state index is 11.9. The maximum Gasteiger partial charge on any atom is 0.413 e. The monoisotopic (exact) mass is 289 g/mol. The van der Waals surface area contributed by atoms with E-state index in [9.17, 15) is 4.79 Å². The lowest BCUT2D eigenvalue weighted by molar-refractivity contribution is 0.191. The van der Waals surface area contributed by atoms with E-state index >= 15 is 0 Å². The fraction of sp³-hybridized carbons (Fsp3) is 0.105. The molecule has 3 aromatic rings. The number of amides is 1. The predicted octanol–water partition coefficient (Wildman–Crippen LogP) is 4.34. The minimum absolute atomic E-state index is 0.192. The second kappa shape index (κ2) is 4.88. The molecule has 0 bridgehead atoms. The second-order valence-corrected chi connectivity index (χ2v) is 5.58. The van der Waals surface area contributed by atoms with Crippen LogP contribution in [0.1, 0.15) is 22.7 Å². The van der Waals surface area contributed by atoms with Gasteiger partial charge >= 0.3 is 6.09 Å². The van der Waals surface area contributed by atoms with Gasteiger partial charge in [-0.25, -0.2) is 4.79 Å². The Morgan fingerprint density at radius 2 is 1.86 bits per heavy atom. The van der Waals surface area contributed by atoms with Gasteiger partial charge in [-0.2, -0.15) is 0 Å². The second-order valence-electron chi connectivity index (χ2n) is 5.58. The van der Waals surface area contributed by atoms with Crippen LogP contribution in [0.2, 0.25) is 0 Å². The molecule has 3 heteroatoms. The van der Waals surface area contributed by atoms with Crippen LogP contribution in [0.5, 0.6) is 5.75 Å². The molecular weight excluding hydrogens is 274 g/mol. The predicted molar refractivity (Wildman–Crippen MR) is 86.1 cm³/mol. The molecule has 1 atom stereocenters. The third kappa shape index (κ3) is 2.02. The van der Waals surface area contributed by atoms with Crippen molar-refractivity contribution in [3.05, 3.63) is 77.4 Å². The number of fused-ring (bicyclic) bond motifs is 3. The van der Waals surface area contributed by atoms with Crippen molar-refractivity contribution in [1.29, 1.82) is 0 Å². The van der Waals surface area contributed by atoms with Crippen LogP contribution in [0.3, 0.4) is 0 Å². The van der Waals surface area contributed by atoms with Crippen LogP contribution in [0.4, 0.5) is 4.79 Å². The first-order valence-corrected chi connectivity index (χ1v) is 7.29. The van der Waals surface area contributed by atoms with E-state index in [2.05, 4.69) is 36.5 Å². The largest absolute Gasteiger partial charge is 0.413 e. The van der Waals surface area contributed by atoms with E-state index in [-0.39, 0.29) is 6.04 Å². The summed E-state index contributed by atoms with van der Waals surface area (Å²) in [6.45, 7) is 2.05. The molecule has 0 saturated carbocycles. The van der Waals surface area contributed by atoms with Gasteiger partial charge in [-0.1, -0.05) is 60.2 Å². The molecule has 1 heterocycles. The van der Waals surface area contributed by atoms with Crippen LogP contribution in [0.15, 0.2) is 60.7 Å². The summed E-state index contributed by atoms with van der Waals surface area (Å²) in [5.41, 5.74) is 3.25. The topological polar surface area (TPSA) is 38.3 Å². The third-order valence-corrected chi connectivity index (χ3v) is 4.06. The molecule has 108 valence electrons. The Bertz CT molecular complexity index is 885. The molecule has 1 amide bonds. The third-order valence-electron chi connectivity index (χ3n) is 4.06. The quantitative estimate of drug-likeness (QED) is 0.723. The summed E-state index contributed by atoms with van der Waals surface area (Å²) >= 11 is 0. The molecule has 22 heavy (non-hydrogen) atoms. The average Bonchev–Trinajstić information content (AvgIpc) is 2.53. The van der Waals surface area contributed by atoms with Crippen molar-refractivity contribution < 1.29 is 9.53 Å². The van der Waals surface area contributed by atoms with Gasteiger partial charge in [0.1, 0.15) is 5.75 Å². The number of ether oxygens (including phenoxy) is 1. The first-order valence-electron chi connectivity index (χ1n) is 7.29. The van der Waals surface area contributed by atoms with Gasteiger partial charge in [0.05, 0.1) is 6.04 Å². The summed E-state index contributed by atoms with van der Waals surface area (Å²) in [6, 6.07) is 20.0. The van der Waals surface area contributed by atoms with E-state index < -0.39 is 6.09 Å². The number of carbonyl (C=O) groups excluding carboxylic acids is 1. The molecule has 0 aromatic heterocycles. The number of hydrogen-bond donors (Lipinski definition) is 1. The number of benzene rings is 3. The van der Waals surface area contributed by atoms with Gasteiger partial charge in [-0.3, -0.25) is 0 Å². The Hall–Kier alpha value is -2.81. The summed E-state index contributed by atoms with van der Waals surface area (Å²) in [7, 11) is 0. The van der Waals surface area contributed by atoms with Gasteiger partial charge in [0.25, 0.3) is 0 Å². The number of hydrogen-bond acceptors (Lipinski definition) is 2. The van der Waals surface area contributed by atoms with E-state index in [1.807, 2.05) is 36.4 Å². The maximum atomic E-state index is 11.9. The minimum atomic E-state index is -0.408. The number of aryl methyl sites for hydroxylation is 1. The highest BCUT2D eigenvalue weighted by molar-refractivity contribution is 5.91. The van der Waals surface area contributed by atoms with Crippen LogP contribution >= 0.6 is 0 Å². The molecule has 3 nitrogen and oxygen atoms in total. The molecule has 1 aliphatic rings. The number of nitrogens with one attached hydrogen (secondary N) is 1. The fourth-order valence-electron chi connectivity index (χ4n) is 3.08. The standard InChI is InChI=1S/C19H15NO2/c1-12-5-4-7-14(11-12)18-17-15-8-3-2-6-13(15)9-10-16(17)22-19(21)20-18/h2-11,18H,1H3,(H,20,21). The normalized spacial score (nSPS) is 16.8. The Kier molecular flexibility index (Phi) is 2.86. The molecule has 1 N–H and O–H groups in total. The molecule has 1 unspecified atom stereocenters. The lowest BCUT2D eigenvalue weighted by atomic mass is 9.91. The molecule has 4 rings (SSSR count). The van der Waals surface area contributed by atoms with E-state index in [0.29, 0.717) is 5.75 Å². The average molecular weight is 289 g/mol. The smallest absolute Gasteiger partial charge is 0.410 e. The summed E-state index contributed by atoms with van der Waals surface area (Å²) in [6.07, 6.45) is -0.408. The SMILES string of the molecule is Cc1cccc(C2NC(=O)Oc3ccc4ccccc4c32)c1. The Morgan fingerprint density at radius 1 is 1.00 bits per heavy atom. The van der Waals surface area contributed by atoms with E-state index in [1.54, 1.807) is 0 Å². The van der Waals surface area contributed by atoms with E-state index in [1.165, 1.54) is 5.56 Å². The molecule has 0 fully saturated rings. The van der Waals surface area contributed by atoms with Crippen LogP contribution in [-0.2, 0) is 0 Å².